The molecule has 14 nitrogen and oxygen atoms in total. The molecule has 2 aromatic heterocycles. The van der Waals surface area contributed by atoms with E-state index in [1.54, 1.807) is 31.6 Å². The minimum absolute atomic E-state index is 0.0879. The second-order valence-corrected chi connectivity index (χ2v) is 16.4. The zero-order chi connectivity index (χ0) is 43.0. The topological polar surface area (TPSA) is 149 Å². The van der Waals surface area contributed by atoms with Gasteiger partial charge >= 0.3 is 0 Å². The lowest BCUT2D eigenvalue weighted by molar-refractivity contribution is -0.121. The molecule has 2 aromatic carbocycles. The van der Waals surface area contributed by atoms with E-state index in [2.05, 4.69) is 65.7 Å². The van der Waals surface area contributed by atoms with Crippen LogP contribution in [-0.4, -0.2) is 131 Å². The molecule has 2 amide bonds. The van der Waals surface area contributed by atoms with Crippen LogP contribution >= 0.6 is 0 Å². The zero-order valence-corrected chi connectivity index (χ0v) is 36.4. The molecule has 0 bridgehead atoms. The Hall–Kier alpha value is -4.80. The van der Waals surface area contributed by atoms with Gasteiger partial charge in [0.05, 0.1) is 64.2 Å². The molecule has 2 aliphatic rings. The van der Waals surface area contributed by atoms with E-state index in [-0.39, 0.29) is 29.3 Å². The standard InChI is InChI=1S/C47H63N7O7/c1-34-30-53(41(29-50-34)32-57-5)31-44(55)54-33-47(3,4)45-42(54)27-36(28-51-45)26-39-8-6-7-9-43(39)61-25-24-60-23-22-59-21-20-58-19-18-49-35(2)37-10-12-38(13-11-37)46(56)52-40-14-16-48-17-15-40/h6-17,27-28,34-35,41,49-50H,18-26,29-33H2,1-5H3,(H,48,52,56)/t34-,35-,41-/m1/s1. The van der Waals surface area contributed by atoms with Gasteiger partial charge in [-0.05, 0) is 66.9 Å². The molecule has 14 heteroatoms. The van der Waals surface area contributed by atoms with Gasteiger partial charge in [0.1, 0.15) is 12.4 Å². The number of amides is 2. The Bertz CT molecular complexity index is 1980. The molecule has 6 rings (SSSR count). The molecule has 4 aromatic rings. The predicted molar refractivity (Wildman–Crippen MR) is 237 cm³/mol. The number of aromatic nitrogens is 2. The molecule has 0 saturated carbocycles. The summed E-state index contributed by atoms with van der Waals surface area (Å²) in [7, 11) is 1.71. The number of methoxy groups -OCH3 is 1. The summed E-state index contributed by atoms with van der Waals surface area (Å²) in [6.07, 6.45) is 5.84. The number of anilines is 2. The first-order valence-electron chi connectivity index (χ1n) is 21.4. The van der Waals surface area contributed by atoms with Crippen molar-refractivity contribution in [2.45, 2.75) is 57.7 Å². The van der Waals surface area contributed by atoms with Gasteiger partial charge in [-0.15, -0.1) is 0 Å². The van der Waals surface area contributed by atoms with Crippen LogP contribution in [0.1, 0.15) is 66.5 Å². The summed E-state index contributed by atoms with van der Waals surface area (Å²) in [4.78, 5) is 39.4. The summed E-state index contributed by atoms with van der Waals surface area (Å²) in [5.74, 6) is 0.730. The first-order valence-corrected chi connectivity index (χ1v) is 21.4. The van der Waals surface area contributed by atoms with Crippen molar-refractivity contribution in [2.24, 2.45) is 0 Å². The van der Waals surface area contributed by atoms with Gasteiger partial charge in [-0.1, -0.05) is 44.2 Å². The summed E-state index contributed by atoms with van der Waals surface area (Å²) in [6.45, 7) is 15.6. The van der Waals surface area contributed by atoms with E-state index in [4.69, 9.17) is 28.7 Å². The fraction of sp³-hybridized carbons (Fsp3) is 0.489. The average molecular weight is 838 g/mol. The minimum Gasteiger partial charge on any atom is -0.491 e. The Kier molecular flexibility index (Phi) is 17.1. The molecule has 0 aliphatic carbocycles. The van der Waals surface area contributed by atoms with E-state index in [1.807, 2.05) is 53.6 Å². The number of rotatable bonds is 23. The molecule has 4 heterocycles. The summed E-state index contributed by atoms with van der Waals surface area (Å²) in [5.41, 5.74) is 6.06. The summed E-state index contributed by atoms with van der Waals surface area (Å²) < 4.78 is 28.8. The van der Waals surface area contributed by atoms with E-state index in [9.17, 15) is 9.59 Å². The van der Waals surface area contributed by atoms with Crippen LogP contribution in [0, 0.1) is 0 Å². The van der Waals surface area contributed by atoms with Gasteiger partial charge < -0.3 is 44.5 Å². The van der Waals surface area contributed by atoms with Crippen molar-refractivity contribution in [1.82, 2.24) is 25.5 Å². The van der Waals surface area contributed by atoms with Gasteiger partial charge in [-0.25, -0.2) is 0 Å². The van der Waals surface area contributed by atoms with Crippen LogP contribution in [0.5, 0.6) is 5.75 Å². The highest BCUT2D eigenvalue weighted by Gasteiger charge is 2.40. The lowest BCUT2D eigenvalue weighted by Crippen LogP contribution is -2.59. The zero-order valence-electron chi connectivity index (χ0n) is 36.4. The number of fused-ring (bicyclic) bond motifs is 1. The third-order valence-corrected chi connectivity index (χ3v) is 11.0. The molecule has 0 unspecified atom stereocenters. The van der Waals surface area contributed by atoms with Crippen molar-refractivity contribution in [2.75, 3.05) is 103 Å². The number of para-hydroxylation sites is 1. The van der Waals surface area contributed by atoms with E-state index in [0.29, 0.717) is 96.2 Å². The highest BCUT2D eigenvalue weighted by atomic mass is 16.6. The number of hydrogen-bond donors (Lipinski definition) is 3. The predicted octanol–water partition coefficient (Wildman–Crippen LogP) is 5.03. The highest BCUT2D eigenvalue weighted by Crippen LogP contribution is 2.40. The number of nitrogens with one attached hydrogen (secondary N) is 3. The van der Waals surface area contributed by atoms with Crippen molar-refractivity contribution in [3.63, 3.8) is 0 Å². The van der Waals surface area contributed by atoms with Crippen molar-refractivity contribution in [3.05, 3.63) is 113 Å². The normalized spacial score (nSPS) is 17.8. The van der Waals surface area contributed by atoms with Crippen LogP contribution in [-0.2, 0) is 35.6 Å². The second kappa shape index (κ2) is 22.9. The van der Waals surface area contributed by atoms with Gasteiger partial charge in [0, 0.05) is 93.1 Å². The van der Waals surface area contributed by atoms with Crippen LogP contribution in [0.25, 0.3) is 0 Å². The van der Waals surface area contributed by atoms with Crippen LogP contribution in [0.4, 0.5) is 11.4 Å². The number of carbonyl (C=O) groups excluding carboxylic acids is 2. The van der Waals surface area contributed by atoms with Crippen molar-refractivity contribution in [1.29, 1.82) is 0 Å². The second-order valence-electron chi connectivity index (χ2n) is 16.4. The number of pyridine rings is 2. The third-order valence-electron chi connectivity index (χ3n) is 11.0. The van der Waals surface area contributed by atoms with E-state index in [1.165, 1.54) is 0 Å². The Morgan fingerprint density at radius 1 is 0.934 bits per heavy atom. The fourth-order valence-corrected chi connectivity index (χ4v) is 7.73. The molecular formula is C47H63N7O7. The maximum atomic E-state index is 13.9. The Morgan fingerprint density at radius 3 is 2.38 bits per heavy atom. The van der Waals surface area contributed by atoms with Gasteiger partial charge in [0.2, 0.25) is 5.91 Å². The van der Waals surface area contributed by atoms with Gasteiger partial charge in [-0.3, -0.25) is 24.5 Å². The maximum absolute atomic E-state index is 13.9. The number of ether oxygens (including phenoxy) is 5. The lowest BCUT2D eigenvalue weighted by atomic mass is 9.91. The number of benzene rings is 2. The summed E-state index contributed by atoms with van der Waals surface area (Å²) in [6, 6.07) is 21.8. The van der Waals surface area contributed by atoms with Gasteiger partial charge in [0.25, 0.3) is 5.91 Å². The van der Waals surface area contributed by atoms with Gasteiger partial charge in [-0.2, -0.15) is 0 Å². The molecule has 61 heavy (non-hydrogen) atoms. The molecule has 328 valence electrons. The van der Waals surface area contributed by atoms with Crippen LogP contribution in [0.15, 0.2) is 85.3 Å². The van der Waals surface area contributed by atoms with Crippen molar-refractivity contribution < 1.29 is 33.3 Å². The Labute approximate surface area is 360 Å². The number of carbonyl (C=O) groups is 2. The molecule has 2 aliphatic heterocycles. The number of hydrogen-bond acceptors (Lipinski definition) is 12. The first kappa shape index (κ1) is 45.7. The van der Waals surface area contributed by atoms with E-state index >= 15 is 0 Å². The fourth-order valence-electron chi connectivity index (χ4n) is 7.73. The molecule has 1 saturated heterocycles. The number of nitrogens with zero attached hydrogens (tertiary/aromatic N) is 4. The minimum atomic E-state index is -0.245. The first-order chi connectivity index (χ1) is 29.6. The average Bonchev–Trinajstić information content (AvgIpc) is 3.53. The van der Waals surface area contributed by atoms with Crippen LogP contribution in [0.2, 0.25) is 0 Å². The SMILES string of the molecule is COC[C@H]1CN[C@H](C)CN1CC(=O)N1CC(C)(C)c2ncc(Cc3ccccc3OCCOCCOCCOCCN[C@H](C)c3ccc(C(=O)Nc4ccncc4)cc3)cc21. The lowest BCUT2D eigenvalue weighted by Gasteiger charge is -2.39. The molecule has 3 atom stereocenters. The van der Waals surface area contributed by atoms with E-state index in [0.717, 1.165) is 46.9 Å². The third kappa shape index (κ3) is 13.3. The highest BCUT2D eigenvalue weighted by molar-refractivity contribution is 6.04. The van der Waals surface area contributed by atoms with Crippen molar-refractivity contribution in [3.8, 4) is 5.75 Å². The maximum Gasteiger partial charge on any atom is 0.255 e. The summed E-state index contributed by atoms with van der Waals surface area (Å²) in [5, 5.41) is 9.83. The smallest absolute Gasteiger partial charge is 0.255 e. The molecule has 0 spiro atoms. The Balaban J connectivity index is 0.846. The van der Waals surface area contributed by atoms with Crippen LogP contribution < -0.4 is 25.6 Å². The number of piperazine rings is 1. The quantitative estimate of drug-likeness (QED) is 0.0861. The summed E-state index contributed by atoms with van der Waals surface area (Å²) >= 11 is 0. The largest absolute Gasteiger partial charge is 0.491 e. The molecular weight excluding hydrogens is 775 g/mol. The van der Waals surface area contributed by atoms with Crippen LogP contribution in [0.3, 0.4) is 0 Å². The monoisotopic (exact) mass is 837 g/mol. The molecule has 1 fully saturated rings. The van der Waals surface area contributed by atoms with Gasteiger partial charge in [0.15, 0.2) is 0 Å². The Morgan fingerprint density at radius 2 is 1.64 bits per heavy atom. The van der Waals surface area contributed by atoms with E-state index < -0.39 is 0 Å². The molecule has 3 N–H and O–H groups in total. The van der Waals surface area contributed by atoms with Crippen molar-refractivity contribution >= 4 is 23.2 Å². The molecule has 0 radical (unpaired) electrons.